The Hall–Kier alpha value is -2.01. The number of halogens is 1. The lowest BCUT2D eigenvalue weighted by molar-refractivity contribution is -0.136. The number of nitrogens with zero attached hydrogens (tertiary/aromatic N) is 1. The molecule has 118 valence electrons. The van der Waals surface area contributed by atoms with Gasteiger partial charge in [0.1, 0.15) is 0 Å². The highest BCUT2D eigenvalue weighted by Crippen LogP contribution is 2.35. The molecule has 0 saturated heterocycles. The first-order valence-electron chi connectivity index (χ1n) is 7.01. The fraction of sp³-hybridized carbons (Fsp3) is 0.375. The molecule has 0 radical (unpaired) electrons. The fourth-order valence-electron chi connectivity index (χ4n) is 2.70. The summed E-state index contributed by atoms with van der Waals surface area (Å²) >= 11 is 6.23. The van der Waals surface area contributed by atoms with Gasteiger partial charge in [0.2, 0.25) is 0 Å². The molecule has 1 N–H and O–H groups in total. The monoisotopic (exact) mass is 322 g/mol. The van der Waals surface area contributed by atoms with Gasteiger partial charge in [0, 0.05) is 16.8 Å². The van der Waals surface area contributed by atoms with Gasteiger partial charge in [-0.3, -0.25) is 4.90 Å². The summed E-state index contributed by atoms with van der Waals surface area (Å²) in [5.74, 6) is -0.479. The number of rotatable bonds is 3. The number of amides is 2. The third-order valence-electron chi connectivity index (χ3n) is 3.66. The largest absolute Gasteiger partial charge is 0.466 e. The number of hydrogen-bond donors (Lipinski definition) is 1. The Morgan fingerprint density at radius 1 is 1.36 bits per heavy atom. The van der Waals surface area contributed by atoms with Crippen LogP contribution in [0, 0.1) is 0 Å². The van der Waals surface area contributed by atoms with Gasteiger partial charge in [-0.2, -0.15) is 0 Å². The molecule has 6 heteroatoms. The number of allylic oxidation sites excluding steroid dienone is 1. The van der Waals surface area contributed by atoms with Crippen LogP contribution in [0.2, 0.25) is 5.02 Å². The molecular weight excluding hydrogens is 304 g/mol. The fourth-order valence-corrected chi connectivity index (χ4v) is 2.94. The van der Waals surface area contributed by atoms with E-state index in [4.69, 9.17) is 16.3 Å². The SMILES string of the molecule is COC(=O)C1=C(C)N(C(C)C)C(=O)N[C@H]1c1ccccc1Cl. The van der Waals surface area contributed by atoms with Crippen molar-refractivity contribution in [3.05, 3.63) is 46.1 Å². The Morgan fingerprint density at radius 2 is 2.00 bits per heavy atom. The molecule has 1 atom stereocenters. The molecule has 2 rings (SSSR count). The highest BCUT2D eigenvalue weighted by atomic mass is 35.5. The van der Waals surface area contributed by atoms with E-state index < -0.39 is 12.0 Å². The normalized spacial score (nSPS) is 18.5. The molecule has 0 saturated carbocycles. The summed E-state index contributed by atoms with van der Waals surface area (Å²) in [6, 6.07) is 6.16. The van der Waals surface area contributed by atoms with E-state index in [1.54, 1.807) is 30.0 Å². The smallest absolute Gasteiger partial charge is 0.337 e. The van der Waals surface area contributed by atoms with E-state index in [1.165, 1.54) is 7.11 Å². The van der Waals surface area contributed by atoms with E-state index in [2.05, 4.69) is 5.32 Å². The van der Waals surface area contributed by atoms with Crippen LogP contribution in [-0.2, 0) is 9.53 Å². The van der Waals surface area contributed by atoms with Crippen LogP contribution >= 0.6 is 11.6 Å². The molecule has 1 aromatic rings. The number of hydrogen-bond acceptors (Lipinski definition) is 3. The van der Waals surface area contributed by atoms with Gasteiger partial charge in [0.05, 0.1) is 18.7 Å². The summed E-state index contributed by atoms with van der Waals surface area (Å²) in [4.78, 5) is 26.2. The molecule has 5 nitrogen and oxygen atoms in total. The predicted octanol–water partition coefficient (Wildman–Crippen LogP) is 3.26. The van der Waals surface area contributed by atoms with Crippen LogP contribution in [0.25, 0.3) is 0 Å². The zero-order valence-electron chi connectivity index (χ0n) is 13.0. The first kappa shape index (κ1) is 16.4. The van der Waals surface area contributed by atoms with E-state index in [1.807, 2.05) is 19.9 Å². The van der Waals surface area contributed by atoms with Crippen molar-refractivity contribution < 1.29 is 14.3 Å². The van der Waals surface area contributed by atoms with E-state index in [9.17, 15) is 9.59 Å². The Morgan fingerprint density at radius 3 is 2.55 bits per heavy atom. The highest BCUT2D eigenvalue weighted by Gasteiger charge is 2.37. The van der Waals surface area contributed by atoms with E-state index in [0.717, 1.165) is 0 Å². The topological polar surface area (TPSA) is 58.6 Å². The average molecular weight is 323 g/mol. The summed E-state index contributed by atoms with van der Waals surface area (Å²) in [6.07, 6.45) is 0. The maximum Gasteiger partial charge on any atom is 0.337 e. The third kappa shape index (κ3) is 2.81. The molecule has 0 bridgehead atoms. The molecule has 0 spiro atoms. The second kappa shape index (κ2) is 6.40. The summed E-state index contributed by atoms with van der Waals surface area (Å²) in [5.41, 5.74) is 1.64. The standard InChI is InChI=1S/C16H19ClN2O3/c1-9(2)19-10(3)13(15(20)22-4)14(18-16(19)21)11-7-5-6-8-12(11)17/h5-9,14H,1-4H3,(H,18,21)/t14-/m0/s1. The zero-order chi connectivity index (χ0) is 16.4. The Bertz CT molecular complexity index is 640. The van der Waals surface area contributed by atoms with Gasteiger partial charge in [0.15, 0.2) is 0 Å². The van der Waals surface area contributed by atoms with Crippen molar-refractivity contribution >= 4 is 23.6 Å². The van der Waals surface area contributed by atoms with Crippen LogP contribution in [-0.4, -0.2) is 30.1 Å². The number of urea groups is 1. The number of esters is 1. The van der Waals surface area contributed by atoms with E-state index >= 15 is 0 Å². The minimum Gasteiger partial charge on any atom is -0.466 e. The Balaban J connectivity index is 2.61. The lowest BCUT2D eigenvalue weighted by atomic mass is 9.94. The van der Waals surface area contributed by atoms with Gasteiger partial charge in [-0.15, -0.1) is 0 Å². The molecule has 1 aliphatic heterocycles. The molecule has 0 fully saturated rings. The summed E-state index contributed by atoms with van der Waals surface area (Å²) < 4.78 is 4.90. The Kier molecular flexibility index (Phi) is 4.76. The number of methoxy groups -OCH3 is 1. The van der Waals surface area contributed by atoms with E-state index in [-0.39, 0.29) is 12.1 Å². The minimum absolute atomic E-state index is 0.0770. The maximum atomic E-state index is 12.4. The molecular formula is C16H19ClN2O3. The van der Waals surface area contributed by atoms with Crippen LogP contribution in [0.3, 0.4) is 0 Å². The maximum absolute atomic E-state index is 12.4. The summed E-state index contributed by atoms with van der Waals surface area (Å²) in [7, 11) is 1.32. The first-order chi connectivity index (χ1) is 10.4. The van der Waals surface area contributed by atoms with Gasteiger partial charge in [-0.25, -0.2) is 9.59 Å². The van der Waals surface area contributed by atoms with Crippen LogP contribution in [0.4, 0.5) is 4.79 Å². The molecule has 1 heterocycles. The predicted molar refractivity (Wildman–Crippen MR) is 84.4 cm³/mol. The van der Waals surface area contributed by atoms with Crippen molar-refractivity contribution in [2.75, 3.05) is 7.11 Å². The van der Waals surface area contributed by atoms with Crippen LogP contribution in [0.15, 0.2) is 35.5 Å². The van der Waals surface area contributed by atoms with Gasteiger partial charge in [0.25, 0.3) is 0 Å². The molecule has 22 heavy (non-hydrogen) atoms. The van der Waals surface area contributed by atoms with Crippen molar-refractivity contribution in [1.29, 1.82) is 0 Å². The molecule has 2 amide bonds. The summed E-state index contributed by atoms with van der Waals surface area (Å²) in [5, 5.41) is 3.33. The molecule has 1 aromatic carbocycles. The number of nitrogens with one attached hydrogen (secondary N) is 1. The first-order valence-corrected chi connectivity index (χ1v) is 7.39. The minimum atomic E-state index is -0.622. The lowest BCUT2D eigenvalue weighted by Gasteiger charge is -2.37. The number of benzene rings is 1. The van der Waals surface area contributed by atoms with Gasteiger partial charge in [-0.05, 0) is 32.4 Å². The average Bonchev–Trinajstić information content (AvgIpc) is 2.46. The summed E-state index contributed by atoms with van der Waals surface area (Å²) in [6.45, 7) is 5.51. The second-order valence-corrected chi connectivity index (χ2v) is 5.77. The number of ether oxygens (including phenoxy) is 1. The van der Waals surface area contributed by atoms with Crippen LogP contribution in [0.5, 0.6) is 0 Å². The molecule has 0 aliphatic carbocycles. The molecule has 1 aliphatic rings. The second-order valence-electron chi connectivity index (χ2n) is 5.36. The van der Waals surface area contributed by atoms with Crippen molar-refractivity contribution in [1.82, 2.24) is 10.2 Å². The third-order valence-corrected chi connectivity index (χ3v) is 4.01. The van der Waals surface area contributed by atoms with Crippen molar-refractivity contribution in [2.24, 2.45) is 0 Å². The van der Waals surface area contributed by atoms with Crippen LogP contribution in [0.1, 0.15) is 32.4 Å². The van der Waals surface area contributed by atoms with Crippen molar-refractivity contribution in [3.63, 3.8) is 0 Å². The zero-order valence-corrected chi connectivity index (χ0v) is 13.8. The quantitative estimate of drug-likeness (QED) is 0.869. The van der Waals surface area contributed by atoms with Gasteiger partial charge in [-0.1, -0.05) is 29.8 Å². The van der Waals surface area contributed by atoms with Gasteiger partial charge < -0.3 is 10.1 Å². The van der Waals surface area contributed by atoms with Crippen LogP contribution < -0.4 is 5.32 Å². The highest BCUT2D eigenvalue weighted by molar-refractivity contribution is 6.31. The van der Waals surface area contributed by atoms with Gasteiger partial charge >= 0.3 is 12.0 Å². The molecule has 0 aromatic heterocycles. The number of carbonyl (C=O) groups is 2. The van der Waals surface area contributed by atoms with Crippen molar-refractivity contribution in [2.45, 2.75) is 32.9 Å². The molecule has 0 unspecified atom stereocenters. The number of carbonyl (C=O) groups excluding carboxylic acids is 2. The Labute approximate surface area is 134 Å². The lowest BCUT2D eigenvalue weighted by Crippen LogP contribution is -2.50. The van der Waals surface area contributed by atoms with E-state index in [0.29, 0.717) is 21.9 Å². The van der Waals surface area contributed by atoms with Crippen molar-refractivity contribution in [3.8, 4) is 0 Å².